The molecule has 1 unspecified atom stereocenters. The minimum atomic E-state index is -0.582. The first-order valence-corrected chi connectivity index (χ1v) is 5.47. The van der Waals surface area contributed by atoms with Crippen LogP contribution in [0.15, 0.2) is 0 Å². The summed E-state index contributed by atoms with van der Waals surface area (Å²) in [5, 5.41) is 12.2. The predicted molar refractivity (Wildman–Crippen MR) is 59.6 cm³/mol. The van der Waals surface area contributed by atoms with Crippen LogP contribution in [0.3, 0.4) is 0 Å². The van der Waals surface area contributed by atoms with Crippen LogP contribution in [0.5, 0.6) is 0 Å². The number of aliphatic hydroxyl groups excluding tert-OH is 1. The van der Waals surface area contributed by atoms with Gasteiger partial charge in [0.2, 0.25) is 5.91 Å². The average Bonchev–Trinajstić information content (AvgIpc) is 2.11. The van der Waals surface area contributed by atoms with E-state index in [9.17, 15) is 9.90 Å². The van der Waals surface area contributed by atoms with E-state index in [1.165, 1.54) is 0 Å². The van der Waals surface area contributed by atoms with Gasteiger partial charge in [-0.25, -0.2) is 0 Å². The molecule has 4 nitrogen and oxygen atoms in total. The maximum Gasteiger partial charge on any atom is 0.222 e. The molecule has 0 saturated carbocycles. The van der Waals surface area contributed by atoms with Crippen LogP contribution in [0.4, 0.5) is 0 Å². The monoisotopic (exact) mass is 217 g/mol. The van der Waals surface area contributed by atoms with Crippen molar-refractivity contribution in [2.75, 3.05) is 13.2 Å². The molecule has 0 aromatic rings. The Balaban J connectivity index is 3.74. The van der Waals surface area contributed by atoms with Gasteiger partial charge in [0.15, 0.2) is 0 Å². The molecule has 2 N–H and O–H groups in total. The van der Waals surface area contributed by atoms with Crippen molar-refractivity contribution in [2.45, 2.75) is 52.2 Å². The Morgan fingerprint density at radius 3 is 2.53 bits per heavy atom. The van der Waals surface area contributed by atoms with Crippen molar-refractivity contribution in [2.24, 2.45) is 0 Å². The van der Waals surface area contributed by atoms with Gasteiger partial charge >= 0.3 is 0 Å². The molecule has 0 saturated heterocycles. The third-order valence-electron chi connectivity index (χ3n) is 2.33. The van der Waals surface area contributed by atoms with Crippen LogP contribution < -0.4 is 5.32 Å². The average molecular weight is 217 g/mol. The standard InChI is InChI=1S/C11H23NO3/c1-5-7-15-8-6-10(14)12-11(3,4)9(2)13/h9,13H,5-8H2,1-4H3,(H,12,14). The van der Waals surface area contributed by atoms with Crippen molar-refractivity contribution in [3.63, 3.8) is 0 Å². The van der Waals surface area contributed by atoms with Crippen LogP contribution in [-0.2, 0) is 9.53 Å². The maximum absolute atomic E-state index is 11.4. The Hall–Kier alpha value is -0.610. The zero-order valence-corrected chi connectivity index (χ0v) is 10.2. The van der Waals surface area contributed by atoms with Crippen molar-refractivity contribution >= 4 is 5.91 Å². The molecule has 0 aromatic heterocycles. The number of carbonyl (C=O) groups is 1. The summed E-state index contributed by atoms with van der Waals surface area (Å²) < 4.78 is 5.21. The topological polar surface area (TPSA) is 58.6 Å². The van der Waals surface area contributed by atoms with Crippen molar-refractivity contribution in [3.8, 4) is 0 Å². The molecule has 0 aromatic carbocycles. The second-order valence-corrected chi connectivity index (χ2v) is 4.31. The molecule has 0 aliphatic rings. The van der Waals surface area contributed by atoms with Gasteiger partial charge in [-0.2, -0.15) is 0 Å². The normalized spacial score (nSPS) is 13.7. The van der Waals surface area contributed by atoms with Crippen LogP contribution in [0.2, 0.25) is 0 Å². The summed E-state index contributed by atoms with van der Waals surface area (Å²) in [6.45, 7) is 8.40. The van der Waals surface area contributed by atoms with Gasteiger partial charge < -0.3 is 15.2 Å². The van der Waals surface area contributed by atoms with Crippen molar-refractivity contribution in [1.82, 2.24) is 5.32 Å². The quantitative estimate of drug-likeness (QED) is 0.627. The van der Waals surface area contributed by atoms with Crippen LogP contribution >= 0.6 is 0 Å². The predicted octanol–water partition coefficient (Wildman–Crippen LogP) is 1.08. The molecule has 0 aliphatic carbocycles. The number of aliphatic hydroxyl groups is 1. The Morgan fingerprint density at radius 2 is 2.07 bits per heavy atom. The first kappa shape index (κ1) is 14.4. The van der Waals surface area contributed by atoms with E-state index in [-0.39, 0.29) is 5.91 Å². The van der Waals surface area contributed by atoms with Gasteiger partial charge in [0.25, 0.3) is 0 Å². The second kappa shape index (κ2) is 6.80. The van der Waals surface area contributed by atoms with E-state index in [1.54, 1.807) is 20.8 Å². The molecular formula is C11H23NO3. The summed E-state index contributed by atoms with van der Waals surface area (Å²) in [6.07, 6.45) is 0.731. The Labute approximate surface area is 92.0 Å². The van der Waals surface area contributed by atoms with Crippen LogP contribution in [0, 0.1) is 0 Å². The van der Waals surface area contributed by atoms with E-state index in [4.69, 9.17) is 4.74 Å². The van der Waals surface area contributed by atoms with Gasteiger partial charge in [0.05, 0.1) is 18.2 Å². The summed E-state index contributed by atoms with van der Waals surface area (Å²) >= 11 is 0. The lowest BCUT2D eigenvalue weighted by atomic mass is 9.99. The zero-order chi connectivity index (χ0) is 11.9. The number of nitrogens with one attached hydrogen (secondary N) is 1. The molecule has 0 aliphatic heterocycles. The van der Waals surface area contributed by atoms with Crippen molar-refractivity contribution in [3.05, 3.63) is 0 Å². The molecule has 15 heavy (non-hydrogen) atoms. The third-order valence-corrected chi connectivity index (χ3v) is 2.33. The molecule has 0 bridgehead atoms. The highest BCUT2D eigenvalue weighted by Crippen LogP contribution is 2.08. The fourth-order valence-corrected chi connectivity index (χ4v) is 0.938. The number of carbonyl (C=O) groups excluding carboxylic acids is 1. The Morgan fingerprint density at radius 1 is 1.47 bits per heavy atom. The van der Waals surface area contributed by atoms with E-state index in [1.807, 2.05) is 6.92 Å². The second-order valence-electron chi connectivity index (χ2n) is 4.31. The fourth-order valence-electron chi connectivity index (χ4n) is 0.938. The molecule has 1 amide bonds. The van der Waals surface area contributed by atoms with Gasteiger partial charge in [-0.1, -0.05) is 6.92 Å². The van der Waals surface area contributed by atoms with Crippen molar-refractivity contribution < 1.29 is 14.6 Å². The van der Waals surface area contributed by atoms with Crippen LogP contribution in [0.1, 0.15) is 40.5 Å². The summed E-state index contributed by atoms with van der Waals surface area (Å²) in [5.41, 5.74) is -0.582. The lowest BCUT2D eigenvalue weighted by molar-refractivity contribution is -0.125. The number of rotatable bonds is 7. The molecule has 0 heterocycles. The lowest BCUT2D eigenvalue weighted by Crippen LogP contribution is -2.51. The first-order chi connectivity index (χ1) is 6.90. The SMILES string of the molecule is CCCOCCC(=O)NC(C)(C)C(C)O. The minimum absolute atomic E-state index is 0.0861. The highest BCUT2D eigenvalue weighted by atomic mass is 16.5. The van der Waals surface area contributed by atoms with Gasteiger partial charge in [-0.05, 0) is 27.2 Å². The number of ether oxygens (including phenoxy) is 1. The smallest absolute Gasteiger partial charge is 0.222 e. The number of hydrogen-bond donors (Lipinski definition) is 2. The van der Waals surface area contributed by atoms with E-state index in [2.05, 4.69) is 5.32 Å². The molecule has 4 heteroatoms. The third kappa shape index (κ3) is 6.47. The molecule has 0 rings (SSSR count). The van der Waals surface area contributed by atoms with Crippen molar-refractivity contribution in [1.29, 1.82) is 0 Å². The molecular weight excluding hydrogens is 194 g/mol. The molecule has 1 atom stereocenters. The Bertz CT molecular complexity index is 190. The lowest BCUT2D eigenvalue weighted by Gasteiger charge is -2.29. The summed E-state index contributed by atoms with van der Waals surface area (Å²) in [7, 11) is 0. The summed E-state index contributed by atoms with van der Waals surface area (Å²) in [4.78, 5) is 11.4. The van der Waals surface area contributed by atoms with Gasteiger partial charge in [-0.15, -0.1) is 0 Å². The van der Waals surface area contributed by atoms with Crippen LogP contribution in [-0.4, -0.2) is 35.9 Å². The summed E-state index contributed by atoms with van der Waals surface area (Å²) in [5.74, 6) is -0.0861. The zero-order valence-electron chi connectivity index (χ0n) is 10.2. The fraction of sp³-hybridized carbons (Fsp3) is 0.909. The molecule has 0 radical (unpaired) electrons. The molecule has 0 fully saturated rings. The molecule has 0 spiro atoms. The van der Waals surface area contributed by atoms with E-state index in [0.29, 0.717) is 19.6 Å². The summed E-state index contributed by atoms with van der Waals surface area (Å²) in [6, 6.07) is 0. The van der Waals surface area contributed by atoms with Crippen LogP contribution in [0.25, 0.3) is 0 Å². The van der Waals surface area contributed by atoms with E-state index >= 15 is 0 Å². The number of hydrogen-bond acceptors (Lipinski definition) is 3. The van der Waals surface area contributed by atoms with Gasteiger partial charge in [-0.3, -0.25) is 4.79 Å². The highest BCUT2D eigenvalue weighted by molar-refractivity contribution is 5.76. The van der Waals surface area contributed by atoms with Gasteiger partial charge in [0.1, 0.15) is 0 Å². The van der Waals surface area contributed by atoms with E-state index in [0.717, 1.165) is 6.42 Å². The maximum atomic E-state index is 11.4. The highest BCUT2D eigenvalue weighted by Gasteiger charge is 2.25. The largest absolute Gasteiger partial charge is 0.391 e. The number of amides is 1. The first-order valence-electron chi connectivity index (χ1n) is 5.47. The minimum Gasteiger partial charge on any atom is -0.391 e. The van der Waals surface area contributed by atoms with Gasteiger partial charge in [0, 0.05) is 13.0 Å². The van der Waals surface area contributed by atoms with E-state index < -0.39 is 11.6 Å². The Kier molecular flexibility index (Phi) is 6.52. The molecule has 90 valence electrons.